The number of nitrogens with zero attached hydrogens (tertiary/aromatic N) is 2. The molecule has 4 aromatic rings. The Kier molecular flexibility index (Phi) is 3.52. The van der Waals surface area contributed by atoms with Gasteiger partial charge in [-0.1, -0.05) is 41.9 Å². The van der Waals surface area contributed by atoms with Gasteiger partial charge in [0.1, 0.15) is 0 Å². The van der Waals surface area contributed by atoms with Gasteiger partial charge < -0.3 is 0 Å². The molecule has 0 N–H and O–H groups in total. The number of hydrogen-bond acceptors (Lipinski definition) is 2. The SMILES string of the molecule is Clc1ccc(-c2cc(-c3cccnc3)nc3ccccc23)cc1. The largest absolute Gasteiger partial charge is 0.264 e. The number of rotatable bonds is 2. The molecule has 2 nitrogen and oxygen atoms in total. The van der Waals surface area contributed by atoms with Gasteiger partial charge in [0, 0.05) is 28.4 Å². The second-order valence-electron chi connectivity index (χ2n) is 5.32. The lowest BCUT2D eigenvalue weighted by molar-refractivity contribution is 1.30. The van der Waals surface area contributed by atoms with Crippen molar-refractivity contribution < 1.29 is 0 Å². The molecule has 0 aliphatic carbocycles. The van der Waals surface area contributed by atoms with E-state index in [0.29, 0.717) is 0 Å². The van der Waals surface area contributed by atoms with Gasteiger partial charge in [-0.2, -0.15) is 0 Å². The first-order valence-electron chi connectivity index (χ1n) is 7.37. The lowest BCUT2D eigenvalue weighted by atomic mass is 9.99. The van der Waals surface area contributed by atoms with Crippen LogP contribution in [0.25, 0.3) is 33.3 Å². The summed E-state index contributed by atoms with van der Waals surface area (Å²) in [4.78, 5) is 8.98. The van der Waals surface area contributed by atoms with Crippen molar-refractivity contribution in [2.75, 3.05) is 0 Å². The van der Waals surface area contributed by atoms with Crippen molar-refractivity contribution in [2.24, 2.45) is 0 Å². The lowest BCUT2D eigenvalue weighted by Crippen LogP contribution is -1.90. The van der Waals surface area contributed by atoms with Crippen LogP contribution in [0.2, 0.25) is 5.02 Å². The Morgan fingerprint density at radius 3 is 2.39 bits per heavy atom. The fourth-order valence-electron chi connectivity index (χ4n) is 2.71. The van der Waals surface area contributed by atoms with Gasteiger partial charge >= 0.3 is 0 Å². The van der Waals surface area contributed by atoms with E-state index in [1.807, 2.05) is 60.8 Å². The zero-order chi connectivity index (χ0) is 15.6. The molecule has 0 radical (unpaired) electrons. The zero-order valence-corrected chi connectivity index (χ0v) is 13.0. The Bertz CT molecular complexity index is 964. The third kappa shape index (κ3) is 2.69. The highest BCUT2D eigenvalue weighted by atomic mass is 35.5. The number of aromatic nitrogens is 2. The van der Waals surface area contributed by atoms with Crippen molar-refractivity contribution in [3.8, 4) is 22.4 Å². The van der Waals surface area contributed by atoms with Gasteiger partial charge in [-0.15, -0.1) is 0 Å². The summed E-state index contributed by atoms with van der Waals surface area (Å²) in [6, 6.07) is 22.1. The predicted molar refractivity (Wildman–Crippen MR) is 95.4 cm³/mol. The van der Waals surface area contributed by atoms with E-state index in [1.165, 1.54) is 0 Å². The first-order valence-corrected chi connectivity index (χ1v) is 7.75. The Balaban J connectivity index is 2.00. The molecule has 0 saturated heterocycles. The Hall–Kier alpha value is -2.71. The van der Waals surface area contributed by atoms with Crippen molar-refractivity contribution in [3.05, 3.63) is 84.1 Å². The predicted octanol–water partition coefficient (Wildman–Crippen LogP) is 5.62. The van der Waals surface area contributed by atoms with Crippen LogP contribution >= 0.6 is 11.6 Å². The molecular weight excluding hydrogens is 304 g/mol. The summed E-state index contributed by atoms with van der Waals surface area (Å²) >= 11 is 6.02. The first kappa shape index (κ1) is 13.9. The number of hydrogen-bond donors (Lipinski definition) is 0. The molecule has 0 saturated carbocycles. The highest BCUT2D eigenvalue weighted by molar-refractivity contribution is 6.30. The van der Waals surface area contributed by atoms with Gasteiger partial charge in [-0.3, -0.25) is 4.98 Å². The van der Waals surface area contributed by atoms with Crippen LogP contribution < -0.4 is 0 Å². The number of halogens is 1. The number of pyridine rings is 2. The van der Waals surface area contributed by atoms with Crippen LogP contribution in [0.3, 0.4) is 0 Å². The summed E-state index contributed by atoms with van der Waals surface area (Å²) in [6.45, 7) is 0. The number of fused-ring (bicyclic) bond motifs is 1. The van der Waals surface area contributed by atoms with Gasteiger partial charge in [-0.05, 0) is 47.5 Å². The molecular formula is C20H13ClN2. The third-order valence-corrected chi connectivity index (χ3v) is 4.08. The molecule has 2 heterocycles. The molecule has 0 fully saturated rings. The van der Waals surface area contributed by atoms with Gasteiger partial charge in [0.2, 0.25) is 0 Å². The van der Waals surface area contributed by atoms with Crippen molar-refractivity contribution >= 4 is 22.5 Å². The second-order valence-corrected chi connectivity index (χ2v) is 5.76. The van der Waals surface area contributed by atoms with Crippen molar-refractivity contribution in [1.82, 2.24) is 9.97 Å². The van der Waals surface area contributed by atoms with E-state index >= 15 is 0 Å². The van der Waals surface area contributed by atoms with E-state index in [4.69, 9.17) is 16.6 Å². The van der Waals surface area contributed by atoms with Crippen molar-refractivity contribution in [3.63, 3.8) is 0 Å². The molecule has 2 aromatic carbocycles. The molecule has 110 valence electrons. The van der Waals surface area contributed by atoms with Crippen LogP contribution in [0.1, 0.15) is 0 Å². The molecule has 0 amide bonds. The maximum absolute atomic E-state index is 6.02. The average Bonchev–Trinajstić information content (AvgIpc) is 2.62. The highest BCUT2D eigenvalue weighted by Gasteiger charge is 2.09. The highest BCUT2D eigenvalue weighted by Crippen LogP contribution is 2.32. The van der Waals surface area contributed by atoms with E-state index in [1.54, 1.807) is 6.20 Å². The van der Waals surface area contributed by atoms with Crippen molar-refractivity contribution in [2.45, 2.75) is 0 Å². The van der Waals surface area contributed by atoms with E-state index in [9.17, 15) is 0 Å². The smallest absolute Gasteiger partial charge is 0.0731 e. The Labute approximate surface area is 139 Å². The van der Waals surface area contributed by atoms with Gasteiger partial charge in [0.25, 0.3) is 0 Å². The summed E-state index contributed by atoms with van der Waals surface area (Å²) in [6.07, 6.45) is 3.60. The van der Waals surface area contributed by atoms with Crippen LogP contribution in [-0.2, 0) is 0 Å². The molecule has 2 aromatic heterocycles. The molecule has 0 bridgehead atoms. The molecule has 3 heteroatoms. The fraction of sp³-hybridized carbons (Fsp3) is 0. The summed E-state index contributed by atoms with van der Waals surface area (Å²) in [7, 11) is 0. The Morgan fingerprint density at radius 1 is 0.783 bits per heavy atom. The topological polar surface area (TPSA) is 25.8 Å². The van der Waals surface area contributed by atoms with E-state index < -0.39 is 0 Å². The third-order valence-electron chi connectivity index (χ3n) is 3.83. The van der Waals surface area contributed by atoms with Crippen LogP contribution in [0.15, 0.2) is 79.1 Å². The quantitative estimate of drug-likeness (QED) is 0.480. The maximum Gasteiger partial charge on any atom is 0.0731 e. The standard InChI is InChI=1S/C20H13ClN2/c21-16-9-7-14(8-10-16)18-12-20(15-4-3-11-22-13-15)23-19-6-2-1-5-17(18)19/h1-13H. The monoisotopic (exact) mass is 316 g/mol. The fourth-order valence-corrected chi connectivity index (χ4v) is 2.83. The van der Waals surface area contributed by atoms with Crippen LogP contribution in [-0.4, -0.2) is 9.97 Å². The van der Waals surface area contributed by atoms with Gasteiger partial charge in [0.05, 0.1) is 11.2 Å². The van der Waals surface area contributed by atoms with E-state index in [2.05, 4.69) is 17.1 Å². The van der Waals surface area contributed by atoms with Gasteiger partial charge in [-0.25, -0.2) is 4.98 Å². The van der Waals surface area contributed by atoms with Crippen LogP contribution in [0.5, 0.6) is 0 Å². The van der Waals surface area contributed by atoms with Crippen molar-refractivity contribution in [1.29, 1.82) is 0 Å². The van der Waals surface area contributed by atoms with Crippen LogP contribution in [0, 0.1) is 0 Å². The molecule has 0 aliphatic rings. The minimum Gasteiger partial charge on any atom is -0.264 e. The summed E-state index contributed by atoms with van der Waals surface area (Å²) in [5.74, 6) is 0. The summed E-state index contributed by atoms with van der Waals surface area (Å²) in [5.41, 5.74) is 5.17. The average molecular weight is 317 g/mol. The zero-order valence-electron chi connectivity index (χ0n) is 12.3. The minimum absolute atomic E-state index is 0.736. The lowest BCUT2D eigenvalue weighted by Gasteiger charge is -2.10. The molecule has 23 heavy (non-hydrogen) atoms. The molecule has 4 rings (SSSR count). The Morgan fingerprint density at radius 2 is 1.61 bits per heavy atom. The number of benzene rings is 2. The second kappa shape index (κ2) is 5.82. The first-order chi connectivity index (χ1) is 11.3. The van der Waals surface area contributed by atoms with Gasteiger partial charge in [0.15, 0.2) is 0 Å². The maximum atomic E-state index is 6.02. The van der Waals surface area contributed by atoms with E-state index in [0.717, 1.165) is 38.3 Å². The summed E-state index contributed by atoms with van der Waals surface area (Å²) < 4.78 is 0. The normalized spacial score (nSPS) is 10.8. The summed E-state index contributed by atoms with van der Waals surface area (Å²) in [5, 5.41) is 1.86. The van der Waals surface area contributed by atoms with E-state index in [-0.39, 0.29) is 0 Å². The molecule has 0 aliphatic heterocycles. The molecule has 0 unspecified atom stereocenters. The molecule has 0 atom stereocenters. The minimum atomic E-state index is 0.736. The molecule has 0 spiro atoms. The van der Waals surface area contributed by atoms with Crippen LogP contribution in [0.4, 0.5) is 0 Å². The number of para-hydroxylation sites is 1.